The smallest absolute Gasteiger partial charge is 0.0814 e. The highest BCUT2D eigenvalue weighted by Gasteiger charge is 2.22. The number of hydrogen-bond acceptors (Lipinski definition) is 2. The van der Waals surface area contributed by atoms with Crippen LogP contribution >= 0.6 is 0 Å². The maximum atomic E-state index is 9.52. The minimum absolute atomic E-state index is 0.265. The van der Waals surface area contributed by atoms with E-state index in [-0.39, 0.29) is 6.10 Å². The summed E-state index contributed by atoms with van der Waals surface area (Å²) in [6.07, 6.45) is 3.32. The van der Waals surface area contributed by atoms with Crippen LogP contribution < -0.4 is 0 Å². The second-order valence-electron chi connectivity index (χ2n) is 3.04. The standard InChI is InChI=1S/C9H11NO/c1-6-4-5-10-7-2-3-8(11)9(6)7/h4-5,8,11H,2-3H2,1H3. The maximum absolute atomic E-state index is 9.52. The van der Waals surface area contributed by atoms with E-state index in [1.807, 2.05) is 19.2 Å². The molecule has 2 nitrogen and oxygen atoms in total. The lowest BCUT2D eigenvalue weighted by Gasteiger charge is -2.05. The van der Waals surface area contributed by atoms with Crippen LogP contribution in [0.5, 0.6) is 0 Å². The number of fused-ring (bicyclic) bond motifs is 1. The van der Waals surface area contributed by atoms with E-state index in [2.05, 4.69) is 4.98 Å². The van der Waals surface area contributed by atoms with E-state index >= 15 is 0 Å². The maximum Gasteiger partial charge on any atom is 0.0814 e. The second-order valence-corrected chi connectivity index (χ2v) is 3.04. The van der Waals surface area contributed by atoms with Gasteiger partial charge in [0.05, 0.1) is 6.10 Å². The Balaban J connectivity index is 2.58. The summed E-state index contributed by atoms with van der Waals surface area (Å²) >= 11 is 0. The molecule has 0 bridgehead atoms. The molecule has 0 radical (unpaired) electrons. The first kappa shape index (κ1) is 6.80. The largest absolute Gasteiger partial charge is 0.388 e. The summed E-state index contributed by atoms with van der Waals surface area (Å²) in [6.45, 7) is 2.02. The molecule has 0 saturated carbocycles. The molecule has 0 spiro atoms. The van der Waals surface area contributed by atoms with Crippen molar-refractivity contribution in [1.82, 2.24) is 4.98 Å². The zero-order chi connectivity index (χ0) is 7.84. The summed E-state index contributed by atoms with van der Waals surface area (Å²) in [4.78, 5) is 4.21. The van der Waals surface area contributed by atoms with Gasteiger partial charge in [0.1, 0.15) is 0 Å². The van der Waals surface area contributed by atoms with Gasteiger partial charge in [-0.1, -0.05) is 0 Å². The summed E-state index contributed by atoms with van der Waals surface area (Å²) in [6, 6.07) is 1.95. The van der Waals surface area contributed by atoms with Gasteiger partial charge < -0.3 is 5.11 Å². The number of aromatic nitrogens is 1. The van der Waals surface area contributed by atoms with Crippen LogP contribution in [0.4, 0.5) is 0 Å². The molecule has 1 aliphatic rings. The van der Waals surface area contributed by atoms with E-state index in [1.54, 1.807) is 0 Å². The molecule has 1 aromatic heterocycles. The fourth-order valence-electron chi connectivity index (χ4n) is 1.70. The predicted octanol–water partition coefficient (Wildman–Crippen LogP) is 1.37. The van der Waals surface area contributed by atoms with Crippen LogP contribution in [0.15, 0.2) is 12.3 Å². The molecule has 2 heteroatoms. The number of aliphatic hydroxyl groups is 1. The highest BCUT2D eigenvalue weighted by molar-refractivity contribution is 5.34. The Hall–Kier alpha value is -0.890. The van der Waals surface area contributed by atoms with Crippen molar-refractivity contribution < 1.29 is 5.11 Å². The molecular weight excluding hydrogens is 138 g/mol. The molecule has 1 N–H and O–H groups in total. The van der Waals surface area contributed by atoms with Gasteiger partial charge in [-0.15, -0.1) is 0 Å². The summed E-state index contributed by atoms with van der Waals surface area (Å²) in [5.74, 6) is 0. The number of nitrogens with zero attached hydrogens (tertiary/aromatic N) is 1. The third kappa shape index (κ3) is 0.942. The Morgan fingerprint density at radius 3 is 3.18 bits per heavy atom. The monoisotopic (exact) mass is 149 g/mol. The highest BCUT2D eigenvalue weighted by Crippen LogP contribution is 2.31. The van der Waals surface area contributed by atoms with Gasteiger partial charge in [0.2, 0.25) is 0 Å². The van der Waals surface area contributed by atoms with Crippen LogP contribution in [-0.4, -0.2) is 10.1 Å². The molecule has 2 rings (SSSR count). The van der Waals surface area contributed by atoms with Gasteiger partial charge in [0.15, 0.2) is 0 Å². The lowest BCUT2D eigenvalue weighted by Crippen LogP contribution is -1.95. The fraction of sp³-hybridized carbons (Fsp3) is 0.444. The van der Waals surface area contributed by atoms with Gasteiger partial charge in [0.25, 0.3) is 0 Å². The van der Waals surface area contributed by atoms with Crippen molar-refractivity contribution in [3.8, 4) is 0 Å². The molecule has 0 aliphatic heterocycles. The summed E-state index contributed by atoms with van der Waals surface area (Å²) in [5.41, 5.74) is 3.31. The molecule has 11 heavy (non-hydrogen) atoms. The second kappa shape index (κ2) is 2.31. The van der Waals surface area contributed by atoms with Crippen molar-refractivity contribution in [3.05, 3.63) is 29.1 Å². The van der Waals surface area contributed by atoms with Crippen molar-refractivity contribution in [2.24, 2.45) is 0 Å². The zero-order valence-corrected chi connectivity index (χ0v) is 6.54. The topological polar surface area (TPSA) is 33.1 Å². The summed E-state index contributed by atoms with van der Waals surface area (Å²) in [7, 11) is 0. The molecule has 0 aromatic carbocycles. The van der Waals surface area contributed by atoms with Gasteiger partial charge >= 0.3 is 0 Å². The molecule has 1 atom stereocenters. The normalized spacial score (nSPS) is 21.8. The first-order chi connectivity index (χ1) is 5.29. The van der Waals surface area contributed by atoms with E-state index in [1.165, 1.54) is 5.56 Å². The fourth-order valence-corrected chi connectivity index (χ4v) is 1.70. The molecule has 58 valence electrons. The quantitative estimate of drug-likeness (QED) is 0.604. The van der Waals surface area contributed by atoms with E-state index in [9.17, 15) is 5.11 Å². The Kier molecular flexibility index (Phi) is 1.43. The minimum Gasteiger partial charge on any atom is -0.388 e. The molecule has 0 saturated heterocycles. The van der Waals surface area contributed by atoms with Crippen molar-refractivity contribution in [2.75, 3.05) is 0 Å². The number of aliphatic hydroxyl groups excluding tert-OH is 1. The molecule has 1 aliphatic carbocycles. The molecule has 0 fully saturated rings. The molecule has 1 unspecified atom stereocenters. The first-order valence-corrected chi connectivity index (χ1v) is 3.91. The molecule has 1 heterocycles. The Labute approximate surface area is 65.9 Å². The lowest BCUT2D eigenvalue weighted by atomic mass is 10.1. The van der Waals surface area contributed by atoms with Crippen LogP contribution in [-0.2, 0) is 6.42 Å². The van der Waals surface area contributed by atoms with Crippen molar-refractivity contribution in [3.63, 3.8) is 0 Å². The number of rotatable bonds is 0. The first-order valence-electron chi connectivity index (χ1n) is 3.91. The SMILES string of the molecule is Cc1ccnc2c1C(O)CC2. The van der Waals surface area contributed by atoms with Crippen molar-refractivity contribution in [2.45, 2.75) is 25.9 Å². The van der Waals surface area contributed by atoms with Crippen LogP contribution in [0.1, 0.15) is 29.3 Å². The van der Waals surface area contributed by atoms with Gasteiger partial charge in [-0.05, 0) is 31.4 Å². The van der Waals surface area contributed by atoms with Crippen molar-refractivity contribution >= 4 is 0 Å². The highest BCUT2D eigenvalue weighted by atomic mass is 16.3. The molecular formula is C9H11NO. The average Bonchev–Trinajstić information content (AvgIpc) is 2.34. The van der Waals surface area contributed by atoms with Gasteiger partial charge in [-0.3, -0.25) is 4.98 Å². The van der Waals surface area contributed by atoms with Crippen LogP contribution in [0.3, 0.4) is 0 Å². The van der Waals surface area contributed by atoms with Crippen LogP contribution in [0.2, 0.25) is 0 Å². The number of pyridine rings is 1. The van der Waals surface area contributed by atoms with Crippen LogP contribution in [0, 0.1) is 6.92 Å². The number of aryl methyl sites for hydroxylation is 2. The summed E-state index contributed by atoms with van der Waals surface area (Å²) in [5, 5.41) is 9.52. The Morgan fingerprint density at radius 2 is 2.45 bits per heavy atom. The van der Waals surface area contributed by atoms with Crippen molar-refractivity contribution in [1.29, 1.82) is 0 Å². The van der Waals surface area contributed by atoms with E-state index in [0.717, 1.165) is 24.1 Å². The van der Waals surface area contributed by atoms with E-state index < -0.39 is 0 Å². The number of hydrogen-bond donors (Lipinski definition) is 1. The molecule has 0 amide bonds. The lowest BCUT2D eigenvalue weighted by molar-refractivity contribution is 0.179. The summed E-state index contributed by atoms with van der Waals surface area (Å²) < 4.78 is 0. The molecule has 1 aromatic rings. The van der Waals surface area contributed by atoms with Crippen LogP contribution in [0.25, 0.3) is 0 Å². The average molecular weight is 149 g/mol. The Morgan fingerprint density at radius 1 is 1.64 bits per heavy atom. The Bertz CT molecular complexity index is 283. The van der Waals surface area contributed by atoms with Gasteiger partial charge in [-0.2, -0.15) is 0 Å². The van der Waals surface area contributed by atoms with E-state index in [4.69, 9.17) is 0 Å². The predicted molar refractivity (Wildman–Crippen MR) is 42.3 cm³/mol. The van der Waals surface area contributed by atoms with Gasteiger partial charge in [-0.25, -0.2) is 0 Å². The van der Waals surface area contributed by atoms with E-state index in [0.29, 0.717) is 0 Å². The zero-order valence-electron chi connectivity index (χ0n) is 6.54. The van der Waals surface area contributed by atoms with Gasteiger partial charge in [0, 0.05) is 17.5 Å². The minimum atomic E-state index is -0.265. The third-order valence-corrected chi connectivity index (χ3v) is 2.28. The third-order valence-electron chi connectivity index (χ3n) is 2.28.